The van der Waals surface area contributed by atoms with Crippen LogP contribution in [0.3, 0.4) is 0 Å². The molecule has 3 heteroatoms. The second-order valence-corrected chi connectivity index (χ2v) is 5.15. The maximum atomic E-state index is 5.78. The number of para-hydroxylation sites is 1. The van der Waals surface area contributed by atoms with Gasteiger partial charge >= 0.3 is 0 Å². The van der Waals surface area contributed by atoms with E-state index in [1.165, 1.54) is 11.8 Å². The summed E-state index contributed by atoms with van der Waals surface area (Å²) in [5.74, 6) is 0. The van der Waals surface area contributed by atoms with Crippen molar-refractivity contribution in [2.45, 2.75) is 31.4 Å². The molecule has 1 aromatic heterocycles. The van der Waals surface area contributed by atoms with Crippen molar-refractivity contribution in [3.8, 4) is 0 Å². The Balaban J connectivity index is 1.79. The summed E-state index contributed by atoms with van der Waals surface area (Å²) in [6.07, 6.45) is 3.58. The molecule has 0 spiro atoms. The number of hydrogen-bond donors (Lipinski definition) is 1. The Kier molecular flexibility index (Phi) is 3.76. The van der Waals surface area contributed by atoms with Crippen LogP contribution in [0.15, 0.2) is 36.4 Å². The molecular formula is C16H20N2O. The lowest BCUT2D eigenvalue weighted by Gasteiger charge is -2.22. The van der Waals surface area contributed by atoms with Gasteiger partial charge in [0.2, 0.25) is 0 Å². The third-order valence-electron chi connectivity index (χ3n) is 3.87. The molecule has 1 saturated heterocycles. The smallest absolute Gasteiger partial charge is 0.0732 e. The van der Waals surface area contributed by atoms with Crippen LogP contribution in [0.2, 0.25) is 0 Å². The fraction of sp³-hybridized carbons (Fsp3) is 0.438. The second kappa shape index (κ2) is 5.68. The highest BCUT2D eigenvalue weighted by atomic mass is 16.5. The quantitative estimate of drug-likeness (QED) is 0.913. The molecule has 0 bridgehead atoms. The molecule has 1 fully saturated rings. The van der Waals surface area contributed by atoms with Gasteiger partial charge in [0.25, 0.3) is 0 Å². The molecule has 0 aliphatic carbocycles. The van der Waals surface area contributed by atoms with Crippen LogP contribution in [0.1, 0.15) is 18.5 Å². The van der Waals surface area contributed by atoms with Crippen LogP contribution in [0.4, 0.5) is 0 Å². The summed E-state index contributed by atoms with van der Waals surface area (Å²) in [4.78, 5) is 4.74. The first kappa shape index (κ1) is 12.6. The van der Waals surface area contributed by atoms with E-state index in [4.69, 9.17) is 9.72 Å². The highest BCUT2D eigenvalue weighted by Crippen LogP contribution is 2.19. The van der Waals surface area contributed by atoms with E-state index in [0.29, 0.717) is 12.1 Å². The molecule has 1 aliphatic rings. The van der Waals surface area contributed by atoms with Gasteiger partial charge < -0.3 is 10.1 Å². The average molecular weight is 256 g/mol. The van der Waals surface area contributed by atoms with Crippen molar-refractivity contribution in [3.05, 3.63) is 42.1 Å². The van der Waals surface area contributed by atoms with Gasteiger partial charge in [-0.25, -0.2) is 0 Å². The molecule has 1 aliphatic heterocycles. The Morgan fingerprint density at radius 2 is 2.21 bits per heavy atom. The SMILES string of the molecule is CNC(Cc1ccc2ccccc2n1)C1CCCO1. The summed E-state index contributed by atoms with van der Waals surface area (Å²) in [5.41, 5.74) is 2.20. The van der Waals surface area contributed by atoms with Gasteiger partial charge in [0.1, 0.15) is 0 Å². The van der Waals surface area contributed by atoms with E-state index in [9.17, 15) is 0 Å². The minimum Gasteiger partial charge on any atom is -0.377 e. The van der Waals surface area contributed by atoms with E-state index >= 15 is 0 Å². The van der Waals surface area contributed by atoms with E-state index in [0.717, 1.165) is 30.7 Å². The maximum Gasteiger partial charge on any atom is 0.0732 e. The summed E-state index contributed by atoms with van der Waals surface area (Å²) in [5, 5.41) is 4.57. The molecule has 2 aromatic rings. The first-order valence-corrected chi connectivity index (χ1v) is 7.00. The number of likely N-dealkylation sites (N-methyl/N-ethyl adjacent to an activating group) is 1. The van der Waals surface area contributed by atoms with Crippen LogP contribution in [-0.4, -0.2) is 30.8 Å². The molecule has 2 unspecified atom stereocenters. The molecule has 2 heterocycles. The zero-order valence-corrected chi connectivity index (χ0v) is 11.3. The Hall–Kier alpha value is -1.45. The predicted molar refractivity (Wildman–Crippen MR) is 77.3 cm³/mol. The number of ether oxygens (including phenoxy) is 1. The summed E-state index contributed by atoms with van der Waals surface area (Å²) in [7, 11) is 2.01. The van der Waals surface area contributed by atoms with Crippen LogP contribution in [0, 0.1) is 0 Å². The molecule has 100 valence electrons. The number of nitrogens with zero attached hydrogens (tertiary/aromatic N) is 1. The molecule has 3 nitrogen and oxygen atoms in total. The normalized spacial score (nSPS) is 20.8. The molecule has 2 atom stereocenters. The summed E-state index contributed by atoms with van der Waals surface area (Å²) in [6.45, 7) is 0.897. The van der Waals surface area contributed by atoms with Gasteiger partial charge in [-0.1, -0.05) is 24.3 Å². The van der Waals surface area contributed by atoms with Crippen LogP contribution in [-0.2, 0) is 11.2 Å². The Morgan fingerprint density at radius 1 is 1.32 bits per heavy atom. The third kappa shape index (κ3) is 2.77. The third-order valence-corrected chi connectivity index (χ3v) is 3.87. The first-order valence-electron chi connectivity index (χ1n) is 7.00. The number of pyridine rings is 1. The largest absolute Gasteiger partial charge is 0.377 e. The number of aromatic nitrogens is 1. The summed E-state index contributed by atoms with van der Waals surface area (Å²) in [6, 6.07) is 12.9. The molecule has 0 amide bonds. The Bertz CT molecular complexity index is 549. The standard InChI is InChI=1S/C16H20N2O/c1-17-15(16-7-4-10-19-16)11-13-9-8-12-5-2-3-6-14(12)18-13/h2-3,5-6,8-9,15-17H,4,7,10-11H2,1H3. The van der Waals surface area contributed by atoms with Crippen molar-refractivity contribution in [2.75, 3.05) is 13.7 Å². The summed E-state index contributed by atoms with van der Waals surface area (Å²) < 4.78 is 5.78. The number of hydrogen-bond acceptors (Lipinski definition) is 3. The number of benzene rings is 1. The number of rotatable bonds is 4. The first-order chi connectivity index (χ1) is 9.36. The highest BCUT2D eigenvalue weighted by molar-refractivity contribution is 5.78. The van der Waals surface area contributed by atoms with E-state index < -0.39 is 0 Å². The van der Waals surface area contributed by atoms with E-state index in [2.05, 4.69) is 29.6 Å². The zero-order chi connectivity index (χ0) is 13.1. The van der Waals surface area contributed by atoms with Crippen LogP contribution in [0.5, 0.6) is 0 Å². The lowest BCUT2D eigenvalue weighted by Crippen LogP contribution is -2.39. The van der Waals surface area contributed by atoms with Crippen molar-refractivity contribution in [1.82, 2.24) is 10.3 Å². The van der Waals surface area contributed by atoms with Gasteiger partial charge in [0.05, 0.1) is 11.6 Å². The maximum absolute atomic E-state index is 5.78. The van der Waals surface area contributed by atoms with Crippen LogP contribution < -0.4 is 5.32 Å². The van der Waals surface area contributed by atoms with Gasteiger partial charge in [-0.15, -0.1) is 0 Å². The molecule has 19 heavy (non-hydrogen) atoms. The lowest BCUT2D eigenvalue weighted by molar-refractivity contribution is 0.0806. The Morgan fingerprint density at radius 3 is 3.00 bits per heavy atom. The minimum absolute atomic E-state index is 0.332. The van der Waals surface area contributed by atoms with Crippen molar-refractivity contribution in [1.29, 1.82) is 0 Å². The van der Waals surface area contributed by atoms with Crippen molar-refractivity contribution < 1.29 is 4.74 Å². The number of fused-ring (bicyclic) bond motifs is 1. The molecule has 3 rings (SSSR count). The van der Waals surface area contributed by atoms with E-state index in [1.807, 2.05) is 19.2 Å². The molecule has 1 N–H and O–H groups in total. The highest BCUT2D eigenvalue weighted by Gasteiger charge is 2.25. The van der Waals surface area contributed by atoms with E-state index in [-0.39, 0.29) is 0 Å². The second-order valence-electron chi connectivity index (χ2n) is 5.15. The van der Waals surface area contributed by atoms with Gasteiger partial charge in [0, 0.05) is 30.1 Å². The van der Waals surface area contributed by atoms with Crippen LogP contribution >= 0.6 is 0 Å². The van der Waals surface area contributed by atoms with Gasteiger partial charge in [-0.2, -0.15) is 0 Å². The molecule has 0 saturated carbocycles. The fourth-order valence-corrected chi connectivity index (χ4v) is 2.79. The van der Waals surface area contributed by atoms with Gasteiger partial charge in [-0.3, -0.25) is 4.98 Å². The predicted octanol–water partition coefficient (Wildman–Crippen LogP) is 2.54. The van der Waals surface area contributed by atoms with Crippen molar-refractivity contribution in [2.24, 2.45) is 0 Å². The van der Waals surface area contributed by atoms with E-state index in [1.54, 1.807) is 0 Å². The van der Waals surface area contributed by atoms with Crippen molar-refractivity contribution in [3.63, 3.8) is 0 Å². The van der Waals surface area contributed by atoms with Gasteiger partial charge in [0.15, 0.2) is 0 Å². The fourth-order valence-electron chi connectivity index (χ4n) is 2.79. The van der Waals surface area contributed by atoms with Crippen molar-refractivity contribution >= 4 is 10.9 Å². The number of nitrogens with one attached hydrogen (secondary N) is 1. The topological polar surface area (TPSA) is 34.2 Å². The summed E-state index contributed by atoms with van der Waals surface area (Å²) >= 11 is 0. The lowest BCUT2D eigenvalue weighted by atomic mass is 10.0. The monoisotopic (exact) mass is 256 g/mol. The van der Waals surface area contributed by atoms with Gasteiger partial charge in [-0.05, 0) is 32.0 Å². The minimum atomic E-state index is 0.332. The zero-order valence-electron chi connectivity index (χ0n) is 11.3. The molecular weight excluding hydrogens is 236 g/mol. The average Bonchev–Trinajstić information content (AvgIpc) is 2.98. The Labute approximate surface area is 114 Å². The molecule has 0 radical (unpaired) electrons. The van der Waals surface area contributed by atoms with Crippen LogP contribution in [0.25, 0.3) is 10.9 Å². The molecule has 1 aromatic carbocycles.